The van der Waals surface area contributed by atoms with E-state index in [1.54, 1.807) is 6.92 Å². The second-order valence-corrected chi connectivity index (χ2v) is 2.84. The number of hydrogen-bond donors (Lipinski definition) is 0. The minimum atomic E-state index is 0.624. The van der Waals surface area contributed by atoms with E-state index in [-0.39, 0.29) is 0 Å². The highest BCUT2D eigenvalue weighted by Gasteiger charge is 1.89. The van der Waals surface area contributed by atoms with Gasteiger partial charge in [-0.3, -0.25) is 4.79 Å². The van der Waals surface area contributed by atoms with Gasteiger partial charge in [-0.2, -0.15) is 0 Å². The summed E-state index contributed by atoms with van der Waals surface area (Å²) in [5.74, 6) is 0. The topological polar surface area (TPSA) is 17.1 Å². The van der Waals surface area contributed by atoms with E-state index >= 15 is 0 Å². The Labute approximate surface area is 72.7 Å². The van der Waals surface area contributed by atoms with Crippen LogP contribution in [0.15, 0.2) is 29.8 Å². The van der Waals surface area contributed by atoms with Crippen LogP contribution in [0.2, 0.25) is 0 Å². The van der Waals surface area contributed by atoms with Crippen molar-refractivity contribution in [2.45, 2.75) is 13.8 Å². The van der Waals surface area contributed by atoms with E-state index in [1.165, 1.54) is 5.56 Å². The number of allylic oxidation sites excluding steroid dienone is 1. The van der Waals surface area contributed by atoms with Crippen molar-refractivity contribution < 1.29 is 4.79 Å². The molecule has 0 amide bonds. The Kier molecular flexibility index (Phi) is 2.81. The zero-order chi connectivity index (χ0) is 8.97. The van der Waals surface area contributed by atoms with Gasteiger partial charge in [0, 0.05) is 5.57 Å². The Balaban J connectivity index is 2.91. The van der Waals surface area contributed by atoms with Gasteiger partial charge < -0.3 is 0 Å². The Morgan fingerprint density at radius 2 is 1.92 bits per heavy atom. The van der Waals surface area contributed by atoms with Gasteiger partial charge in [-0.25, -0.2) is 0 Å². The lowest BCUT2D eigenvalue weighted by Crippen LogP contribution is -1.78. The lowest BCUT2D eigenvalue weighted by Gasteiger charge is -1.94. The highest BCUT2D eigenvalue weighted by molar-refractivity contribution is 5.81. The first-order valence-electron chi connectivity index (χ1n) is 3.85. The van der Waals surface area contributed by atoms with Crippen LogP contribution in [0.1, 0.15) is 18.1 Å². The van der Waals surface area contributed by atoms with Crippen LogP contribution in [0, 0.1) is 6.92 Å². The average Bonchev–Trinajstić information content (AvgIpc) is 2.09. The molecule has 1 aromatic rings. The average molecular weight is 159 g/mol. The molecule has 1 nitrogen and oxygen atoms in total. The molecule has 1 rings (SSSR count). The third kappa shape index (κ3) is 2.35. The summed E-state index contributed by atoms with van der Waals surface area (Å²) in [6.07, 6.45) is 3.65. The first kappa shape index (κ1) is 8.72. The summed E-state index contributed by atoms with van der Waals surface area (Å²) in [6, 6.07) is 8.00. The van der Waals surface area contributed by atoms with Crippen LogP contribution in [0.25, 0.3) is 6.08 Å². The summed E-state index contributed by atoms with van der Waals surface area (Å²) in [7, 11) is 0. The van der Waals surface area contributed by atoms with Gasteiger partial charge in [0.2, 0.25) is 6.29 Å². The van der Waals surface area contributed by atoms with E-state index in [9.17, 15) is 4.79 Å². The van der Waals surface area contributed by atoms with Crippen molar-refractivity contribution in [2.24, 2.45) is 0 Å². The molecule has 1 radical (unpaired) electrons. The number of aryl methyl sites for hydroxylation is 1. The second kappa shape index (κ2) is 3.86. The minimum Gasteiger partial charge on any atom is -0.285 e. The zero-order valence-electron chi connectivity index (χ0n) is 7.29. The largest absolute Gasteiger partial charge is 0.285 e. The van der Waals surface area contributed by atoms with E-state index < -0.39 is 0 Å². The van der Waals surface area contributed by atoms with Gasteiger partial charge in [0.05, 0.1) is 0 Å². The van der Waals surface area contributed by atoms with Gasteiger partial charge in [0.15, 0.2) is 0 Å². The monoisotopic (exact) mass is 159 g/mol. The Morgan fingerprint density at radius 1 is 1.33 bits per heavy atom. The molecule has 0 fully saturated rings. The maximum absolute atomic E-state index is 10.2. The molecule has 0 aliphatic heterocycles. The third-order valence-electron chi connectivity index (χ3n) is 1.62. The van der Waals surface area contributed by atoms with Crippen molar-refractivity contribution in [2.75, 3.05) is 0 Å². The van der Waals surface area contributed by atoms with Gasteiger partial charge >= 0.3 is 0 Å². The van der Waals surface area contributed by atoms with E-state index in [1.807, 2.05) is 43.6 Å². The molecule has 0 unspecified atom stereocenters. The van der Waals surface area contributed by atoms with Crippen molar-refractivity contribution in [3.63, 3.8) is 0 Å². The molecular weight excluding hydrogens is 148 g/mol. The van der Waals surface area contributed by atoms with E-state index in [4.69, 9.17) is 0 Å². The third-order valence-corrected chi connectivity index (χ3v) is 1.62. The molecule has 0 spiro atoms. The quantitative estimate of drug-likeness (QED) is 0.606. The molecular formula is C11H11O. The normalized spacial score (nSPS) is 11.3. The zero-order valence-corrected chi connectivity index (χ0v) is 7.29. The van der Waals surface area contributed by atoms with E-state index in [2.05, 4.69) is 0 Å². The number of rotatable bonds is 2. The van der Waals surface area contributed by atoms with Gasteiger partial charge in [0.25, 0.3) is 0 Å². The smallest absolute Gasteiger partial charge is 0.228 e. The van der Waals surface area contributed by atoms with Crippen molar-refractivity contribution in [1.82, 2.24) is 0 Å². The predicted octanol–water partition coefficient (Wildman–Crippen LogP) is 2.51. The Morgan fingerprint density at radius 3 is 2.42 bits per heavy atom. The minimum absolute atomic E-state index is 0.624. The fourth-order valence-corrected chi connectivity index (χ4v) is 0.942. The van der Waals surface area contributed by atoms with Crippen molar-refractivity contribution >= 4 is 12.4 Å². The molecule has 0 saturated heterocycles. The maximum Gasteiger partial charge on any atom is 0.228 e. The molecule has 0 atom stereocenters. The standard InChI is InChI=1S/C11H11O/c1-9-3-5-11(6-4-9)7-10(2)8-12/h3-7H,1-2H3. The van der Waals surface area contributed by atoms with Gasteiger partial charge in [-0.15, -0.1) is 0 Å². The molecule has 0 saturated carbocycles. The molecule has 0 aliphatic carbocycles. The number of hydrogen-bond acceptors (Lipinski definition) is 1. The summed E-state index contributed by atoms with van der Waals surface area (Å²) in [6.45, 7) is 3.78. The summed E-state index contributed by atoms with van der Waals surface area (Å²) in [4.78, 5) is 10.2. The molecule has 61 valence electrons. The number of carbonyl (C=O) groups excluding carboxylic acids is 1. The van der Waals surface area contributed by atoms with Crippen LogP contribution in [-0.4, -0.2) is 6.29 Å². The molecule has 1 heteroatoms. The van der Waals surface area contributed by atoms with Gasteiger partial charge in [-0.05, 0) is 25.5 Å². The fraction of sp³-hybridized carbons (Fsp3) is 0.182. The second-order valence-electron chi connectivity index (χ2n) is 2.84. The van der Waals surface area contributed by atoms with E-state index in [0.29, 0.717) is 5.57 Å². The van der Waals surface area contributed by atoms with Crippen molar-refractivity contribution in [1.29, 1.82) is 0 Å². The Hall–Kier alpha value is -1.37. The van der Waals surface area contributed by atoms with Gasteiger partial charge in [-0.1, -0.05) is 29.8 Å². The van der Waals surface area contributed by atoms with Crippen LogP contribution < -0.4 is 0 Å². The summed E-state index contributed by atoms with van der Waals surface area (Å²) < 4.78 is 0. The van der Waals surface area contributed by atoms with Crippen molar-refractivity contribution in [3.8, 4) is 0 Å². The SMILES string of the molecule is CC([C]=O)=Cc1ccc(C)cc1. The molecule has 0 N–H and O–H groups in total. The summed E-state index contributed by atoms with van der Waals surface area (Å²) >= 11 is 0. The molecule has 12 heavy (non-hydrogen) atoms. The summed E-state index contributed by atoms with van der Waals surface area (Å²) in [5.41, 5.74) is 2.89. The first-order chi connectivity index (χ1) is 5.72. The molecule has 0 aromatic heterocycles. The lowest BCUT2D eigenvalue weighted by atomic mass is 10.1. The molecule has 0 aliphatic rings. The first-order valence-corrected chi connectivity index (χ1v) is 3.85. The maximum atomic E-state index is 10.2. The fourth-order valence-electron chi connectivity index (χ4n) is 0.942. The van der Waals surface area contributed by atoms with Crippen LogP contribution in [0.4, 0.5) is 0 Å². The molecule has 0 bridgehead atoms. The van der Waals surface area contributed by atoms with E-state index in [0.717, 1.165) is 5.56 Å². The number of benzene rings is 1. The highest BCUT2D eigenvalue weighted by Crippen LogP contribution is 2.06. The lowest BCUT2D eigenvalue weighted by molar-refractivity contribution is 0.562. The predicted molar refractivity (Wildman–Crippen MR) is 50.5 cm³/mol. The van der Waals surface area contributed by atoms with Crippen LogP contribution in [-0.2, 0) is 4.79 Å². The highest BCUT2D eigenvalue weighted by atomic mass is 16.1. The van der Waals surface area contributed by atoms with Gasteiger partial charge in [0.1, 0.15) is 0 Å². The molecule has 1 aromatic carbocycles. The van der Waals surface area contributed by atoms with Crippen LogP contribution in [0.3, 0.4) is 0 Å². The Bertz CT molecular complexity index is 293. The van der Waals surface area contributed by atoms with Crippen LogP contribution >= 0.6 is 0 Å². The molecule has 0 heterocycles. The summed E-state index contributed by atoms with van der Waals surface area (Å²) in [5, 5.41) is 0. The van der Waals surface area contributed by atoms with Crippen molar-refractivity contribution in [3.05, 3.63) is 41.0 Å². The van der Waals surface area contributed by atoms with Crippen LogP contribution in [0.5, 0.6) is 0 Å².